The van der Waals surface area contributed by atoms with Crippen molar-refractivity contribution >= 4 is 16.8 Å². The van der Waals surface area contributed by atoms with Crippen molar-refractivity contribution in [2.75, 3.05) is 20.3 Å². The maximum atomic E-state index is 12.6. The first-order valence-corrected chi connectivity index (χ1v) is 7.54. The molecule has 6 heteroatoms. The number of rotatable bonds is 5. The molecule has 122 valence electrons. The summed E-state index contributed by atoms with van der Waals surface area (Å²) in [6.07, 6.45) is 1.50. The number of fused-ring (bicyclic) bond motifs is 1. The molecule has 0 fully saturated rings. The Labute approximate surface area is 138 Å². The standard InChI is InChI=1S/C18H17N3O3/c1-24-11-10-19-17(22)13-6-8-14(9-7-13)21-12-20-16-5-3-2-4-15(16)18(21)23/h2-9,12H,10-11H2,1H3,(H,19,22). The second-order valence-corrected chi connectivity index (χ2v) is 5.23. The summed E-state index contributed by atoms with van der Waals surface area (Å²) in [6.45, 7) is 0.910. The van der Waals surface area contributed by atoms with E-state index < -0.39 is 0 Å². The van der Waals surface area contributed by atoms with E-state index in [1.807, 2.05) is 12.1 Å². The molecule has 3 aromatic rings. The van der Waals surface area contributed by atoms with E-state index in [0.29, 0.717) is 35.3 Å². The van der Waals surface area contributed by atoms with E-state index in [-0.39, 0.29) is 11.5 Å². The molecular weight excluding hydrogens is 306 g/mol. The summed E-state index contributed by atoms with van der Waals surface area (Å²) >= 11 is 0. The van der Waals surface area contributed by atoms with Crippen LogP contribution in [-0.2, 0) is 4.74 Å². The van der Waals surface area contributed by atoms with Gasteiger partial charge in [0.1, 0.15) is 6.33 Å². The Hall–Kier alpha value is -2.99. The highest BCUT2D eigenvalue weighted by atomic mass is 16.5. The maximum absolute atomic E-state index is 12.6. The van der Waals surface area contributed by atoms with Crippen molar-refractivity contribution in [1.82, 2.24) is 14.9 Å². The van der Waals surface area contributed by atoms with Crippen LogP contribution < -0.4 is 10.9 Å². The largest absolute Gasteiger partial charge is 0.383 e. The summed E-state index contributed by atoms with van der Waals surface area (Å²) in [6, 6.07) is 14.0. The summed E-state index contributed by atoms with van der Waals surface area (Å²) in [5.41, 5.74) is 1.70. The van der Waals surface area contributed by atoms with Crippen molar-refractivity contribution in [3.05, 3.63) is 70.8 Å². The van der Waals surface area contributed by atoms with Crippen LogP contribution in [0.1, 0.15) is 10.4 Å². The minimum atomic E-state index is -0.178. The smallest absolute Gasteiger partial charge is 0.265 e. The number of amides is 1. The molecule has 3 rings (SSSR count). The lowest BCUT2D eigenvalue weighted by molar-refractivity contribution is 0.0937. The summed E-state index contributed by atoms with van der Waals surface area (Å²) in [4.78, 5) is 28.8. The third-order valence-corrected chi connectivity index (χ3v) is 3.66. The van der Waals surface area contributed by atoms with Gasteiger partial charge in [0.25, 0.3) is 11.5 Å². The van der Waals surface area contributed by atoms with Gasteiger partial charge in [0.2, 0.25) is 0 Å². The molecule has 0 aliphatic rings. The summed E-state index contributed by atoms with van der Waals surface area (Å²) in [5, 5.41) is 3.31. The number of hydrogen-bond donors (Lipinski definition) is 1. The average molecular weight is 323 g/mol. The Morgan fingerprint density at radius 2 is 1.92 bits per heavy atom. The van der Waals surface area contributed by atoms with Gasteiger partial charge in [-0.15, -0.1) is 0 Å². The second kappa shape index (κ2) is 7.06. The van der Waals surface area contributed by atoms with Crippen molar-refractivity contribution < 1.29 is 9.53 Å². The number of nitrogens with one attached hydrogen (secondary N) is 1. The van der Waals surface area contributed by atoms with Crippen LogP contribution in [0.2, 0.25) is 0 Å². The van der Waals surface area contributed by atoms with Crippen LogP contribution in [0.3, 0.4) is 0 Å². The Balaban J connectivity index is 1.87. The molecule has 1 N–H and O–H groups in total. The number of carbonyl (C=O) groups is 1. The molecular formula is C18H17N3O3. The van der Waals surface area contributed by atoms with Crippen LogP contribution in [0, 0.1) is 0 Å². The van der Waals surface area contributed by atoms with Gasteiger partial charge in [0.15, 0.2) is 0 Å². The van der Waals surface area contributed by atoms with E-state index in [2.05, 4.69) is 10.3 Å². The topological polar surface area (TPSA) is 73.2 Å². The number of hydrogen-bond acceptors (Lipinski definition) is 4. The predicted octanol–water partition coefficient (Wildman–Crippen LogP) is 1.76. The molecule has 0 aliphatic heterocycles. The minimum absolute atomic E-state index is 0.141. The zero-order valence-electron chi connectivity index (χ0n) is 13.2. The number of aromatic nitrogens is 2. The molecule has 1 amide bonds. The fraction of sp³-hybridized carbons (Fsp3) is 0.167. The number of para-hydroxylation sites is 1. The van der Waals surface area contributed by atoms with Gasteiger partial charge in [-0.3, -0.25) is 14.2 Å². The zero-order chi connectivity index (χ0) is 16.9. The van der Waals surface area contributed by atoms with Gasteiger partial charge in [-0.05, 0) is 36.4 Å². The van der Waals surface area contributed by atoms with Crippen LogP contribution in [0.25, 0.3) is 16.6 Å². The van der Waals surface area contributed by atoms with E-state index in [4.69, 9.17) is 4.74 Å². The molecule has 1 heterocycles. The molecule has 0 unspecified atom stereocenters. The van der Waals surface area contributed by atoms with Crippen molar-refractivity contribution in [3.63, 3.8) is 0 Å². The Morgan fingerprint density at radius 1 is 1.17 bits per heavy atom. The van der Waals surface area contributed by atoms with Crippen LogP contribution >= 0.6 is 0 Å². The normalized spacial score (nSPS) is 10.7. The SMILES string of the molecule is COCCNC(=O)c1ccc(-n2cnc3ccccc3c2=O)cc1. The molecule has 1 aromatic heterocycles. The predicted molar refractivity (Wildman–Crippen MR) is 91.5 cm³/mol. The second-order valence-electron chi connectivity index (χ2n) is 5.23. The van der Waals surface area contributed by atoms with Crippen molar-refractivity contribution in [1.29, 1.82) is 0 Å². The molecule has 0 saturated carbocycles. The monoisotopic (exact) mass is 323 g/mol. The highest BCUT2D eigenvalue weighted by Crippen LogP contribution is 2.10. The average Bonchev–Trinajstić information content (AvgIpc) is 2.63. The molecule has 0 aliphatic carbocycles. The molecule has 0 radical (unpaired) electrons. The van der Waals surface area contributed by atoms with Gasteiger partial charge < -0.3 is 10.1 Å². The molecule has 6 nitrogen and oxygen atoms in total. The van der Waals surface area contributed by atoms with Crippen LogP contribution in [0.5, 0.6) is 0 Å². The Morgan fingerprint density at radius 3 is 2.67 bits per heavy atom. The fourth-order valence-electron chi connectivity index (χ4n) is 2.40. The van der Waals surface area contributed by atoms with Crippen molar-refractivity contribution in [2.45, 2.75) is 0 Å². The van der Waals surface area contributed by atoms with Crippen molar-refractivity contribution in [2.24, 2.45) is 0 Å². The van der Waals surface area contributed by atoms with Gasteiger partial charge in [-0.2, -0.15) is 0 Å². The number of ether oxygens (including phenoxy) is 1. The van der Waals surface area contributed by atoms with Gasteiger partial charge in [0.05, 0.1) is 23.2 Å². The summed E-state index contributed by atoms with van der Waals surface area (Å²) in [5.74, 6) is -0.178. The molecule has 0 saturated heterocycles. The first-order valence-electron chi connectivity index (χ1n) is 7.54. The molecule has 0 bridgehead atoms. The molecule has 2 aromatic carbocycles. The van der Waals surface area contributed by atoms with Crippen LogP contribution in [0.4, 0.5) is 0 Å². The first kappa shape index (κ1) is 15.9. The van der Waals surface area contributed by atoms with Crippen LogP contribution in [-0.4, -0.2) is 35.7 Å². The third kappa shape index (κ3) is 3.18. The maximum Gasteiger partial charge on any atom is 0.265 e. The zero-order valence-corrected chi connectivity index (χ0v) is 13.2. The lowest BCUT2D eigenvalue weighted by Gasteiger charge is -2.08. The van der Waals surface area contributed by atoms with E-state index >= 15 is 0 Å². The third-order valence-electron chi connectivity index (χ3n) is 3.66. The summed E-state index contributed by atoms with van der Waals surface area (Å²) in [7, 11) is 1.58. The minimum Gasteiger partial charge on any atom is -0.383 e. The molecule has 0 spiro atoms. The number of methoxy groups -OCH3 is 1. The number of benzene rings is 2. The number of carbonyl (C=O) groups excluding carboxylic acids is 1. The van der Waals surface area contributed by atoms with Gasteiger partial charge in [-0.25, -0.2) is 4.98 Å². The fourth-order valence-corrected chi connectivity index (χ4v) is 2.40. The number of nitrogens with zero attached hydrogens (tertiary/aromatic N) is 2. The van der Waals surface area contributed by atoms with Crippen molar-refractivity contribution in [3.8, 4) is 5.69 Å². The van der Waals surface area contributed by atoms with E-state index in [9.17, 15) is 9.59 Å². The Kier molecular flexibility index (Phi) is 4.67. The lowest BCUT2D eigenvalue weighted by atomic mass is 10.2. The lowest BCUT2D eigenvalue weighted by Crippen LogP contribution is -2.27. The van der Waals surface area contributed by atoms with E-state index in [0.717, 1.165) is 0 Å². The summed E-state index contributed by atoms with van der Waals surface area (Å²) < 4.78 is 6.36. The molecule has 0 atom stereocenters. The van der Waals surface area contributed by atoms with E-state index in [1.54, 1.807) is 43.5 Å². The quantitative estimate of drug-likeness (QED) is 0.726. The molecule has 24 heavy (non-hydrogen) atoms. The highest BCUT2D eigenvalue weighted by molar-refractivity contribution is 5.94. The van der Waals surface area contributed by atoms with Gasteiger partial charge in [0, 0.05) is 19.2 Å². The van der Waals surface area contributed by atoms with Gasteiger partial charge >= 0.3 is 0 Å². The highest BCUT2D eigenvalue weighted by Gasteiger charge is 2.08. The van der Waals surface area contributed by atoms with Gasteiger partial charge in [-0.1, -0.05) is 12.1 Å². The first-order chi connectivity index (χ1) is 11.7. The Bertz CT molecular complexity index is 917. The van der Waals surface area contributed by atoms with E-state index in [1.165, 1.54) is 10.9 Å². The van der Waals surface area contributed by atoms with Crippen LogP contribution in [0.15, 0.2) is 59.7 Å².